The Labute approximate surface area is 103 Å². The number of hydrogen-bond acceptors (Lipinski definition) is 5. The van der Waals surface area contributed by atoms with Crippen LogP contribution in [-0.2, 0) is 0 Å². The molecule has 0 aliphatic rings. The molecule has 0 aliphatic heterocycles. The van der Waals surface area contributed by atoms with Gasteiger partial charge in [0.25, 0.3) is 0 Å². The molecule has 0 rings (SSSR count). The fourth-order valence-electron chi connectivity index (χ4n) is 0.250. The Hall–Kier alpha value is 0.320. The van der Waals surface area contributed by atoms with E-state index in [1.54, 1.807) is 0 Å². The van der Waals surface area contributed by atoms with Crippen molar-refractivity contribution in [1.29, 1.82) is 0 Å². The summed E-state index contributed by atoms with van der Waals surface area (Å²) in [6, 6.07) is 0.333. The van der Waals surface area contributed by atoms with E-state index < -0.39 is 0 Å². The Morgan fingerprint density at radius 3 is 1.54 bits per heavy atom. The zero-order valence-electron chi connectivity index (χ0n) is 9.33. The normalized spacial score (nSPS) is 6.92. The topological polar surface area (TPSA) is 90.5 Å². The summed E-state index contributed by atoms with van der Waals surface area (Å²) in [5, 5.41) is 12.1. The van der Waals surface area contributed by atoms with Crippen LogP contribution in [0.15, 0.2) is 5.34 Å². The molecule has 0 aromatic heterocycles. The summed E-state index contributed by atoms with van der Waals surface area (Å²) in [6.07, 6.45) is 0. The molecule has 0 radical (unpaired) electrons. The van der Waals surface area contributed by atoms with Gasteiger partial charge in [0.05, 0.1) is 0 Å². The first-order valence-corrected chi connectivity index (χ1v) is 3.97. The Balaban J connectivity index is -0.0000000465. The average Bonchev–Trinajstić information content (AvgIpc) is 1.89. The number of nitrogens with two attached hydrogens (primary N) is 1. The van der Waals surface area contributed by atoms with Crippen molar-refractivity contribution in [3.63, 3.8) is 0 Å². The van der Waals surface area contributed by atoms with Gasteiger partial charge in [-0.25, -0.2) is 0 Å². The molecule has 0 heterocycles. The molecule has 0 aromatic carbocycles. The van der Waals surface area contributed by atoms with Crippen LogP contribution in [-0.4, -0.2) is 19.1 Å². The molecule has 5 nitrogen and oxygen atoms in total. The van der Waals surface area contributed by atoms with Crippen LogP contribution >= 0.6 is 0 Å². The van der Waals surface area contributed by atoms with Crippen LogP contribution in [0.2, 0.25) is 0 Å². The van der Waals surface area contributed by atoms with Crippen molar-refractivity contribution in [2.75, 3.05) is 13.1 Å². The summed E-state index contributed by atoms with van der Waals surface area (Å²) in [4.78, 5) is 8.00. The van der Waals surface area contributed by atoms with Gasteiger partial charge in [-0.05, 0) is 19.1 Å². The number of nitrogens with one attached hydrogen (secondary N) is 1. The molecule has 0 bridgehead atoms. The monoisotopic (exact) mass is 201 g/mol. The molecule has 0 spiro atoms. The zero-order valence-corrected chi connectivity index (χ0v) is 11.3. The minimum absolute atomic E-state index is 0. The van der Waals surface area contributed by atoms with E-state index in [0.717, 1.165) is 18.4 Å². The van der Waals surface area contributed by atoms with Gasteiger partial charge >= 0.3 is 29.6 Å². The quantitative estimate of drug-likeness (QED) is 0.314. The maximum absolute atomic E-state index is 8.00. The standard InChI is InChI=1S/C4H11N.C3H9N.HNO2.Na/c1-3-5-4-2;1-3(2)4;2-1-3;/h5H,3-4H2,1-2H3;3H,4H2,1-2H3;(H,2,3);/q;;;+1/p-1. The van der Waals surface area contributed by atoms with Crippen LogP contribution in [0.3, 0.4) is 0 Å². The van der Waals surface area contributed by atoms with Crippen molar-refractivity contribution in [2.24, 2.45) is 11.1 Å². The van der Waals surface area contributed by atoms with E-state index in [9.17, 15) is 0 Å². The fraction of sp³-hybridized carbons (Fsp3) is 1.00. The van der Waals surface area contributed by atoms with Gasteiger partial charge in [0.2, 0.25) is 0 Å². The largest absolute Gasteiger partial charge is 1.00 e. The van der Waals surface area contributed by atoms with E-state index in [1.165, 1.54) is 0 Å². The minimum atomic E-state index is 0. The first kappa shape index (κ1) is 23.3. The Morgan fingerprint density at radius 1 is 1.38 bits per heavy atom. The molecule has 0 aromatic rings. The number of hydrogen-bond donors (Lipinski definition) is 2. The second-order valence-corrected chi connectivity index (χ2v) is 2.28. The van der Waals surface area contributed by atoms with Crippen molar-refractivity contribution in [3.05, 3.63) is 10.1 Å². The third-order valence-corrected chi connectivity index (χ3v) is 0.500. The Kier molecular flexibility index (Phi) is 52.8. The molecule has 3 N–H and O–H groups in total. The minimum Gasteiger partial charge on any atom is -0.444 e. The summed E-state index contributed by atoms with van der Waals surface area (Å²) in [7, 11) is 0. The zero-order chi connectivity index (χ0) is 10.4. The van der Waals surface area contributed by atoms with Crippen LogP contribution in [0.5, 0.6) is 0 Å². The molecule has 0 amide bonds. The van der Waals surface area contributed by atoms with E-state index >= 15 is 0 Å². The van der Waals surface area contributed by atoms with E-state index in [1.807, 2.05) is 13.8 Å². The van der Waals surface area contributed by atoms with Gasteiger partial charge in [0, 0.05) is 0 Å². The molecule has 0 saturated heterocycles. The van der Waals surface area contributed by atoms with Gasteiger partial charge in [-0.3, -0.25) is 0 Å². The SMILES string of the molecule is CC(C)N.CCNCC.O=N[O-].[Na+]. The summed E-state index contributed by atoms with van der Waals surface area (Å²) < 4.78 is 0. The van der Waals surface area contributed by atoms with Gasteiger partial charge in [0.1, 0.15) is 0 Å². The van der Waals surface area contributed by atoms with E-state index in [4.69, 9.17) is 15.8 Å². The molecule has 0 aliphatic carbocycles. The van der Waals surface area contributed by atoms with Crippen LogP contribution < -0.4 is 40.6 Å². The number of rotatable bonds is 2. The summed E-state index contributed by atoms with van der Waals surface area (Å²) in [5.74, 6) is 0. The van der Waals surface area contributed by atoms with Gasteiger partial charge < -0.3 is 21.2 Å². The predicted octanol–water partition coefficient (Wildman–Crippen LogP) is -1.78. The molecule has 13 heavy (non-hydrogen) atoms. The second-order valence-electron chi connectivity index (χ2n) is 2.28. The van der Waals surface area contributed by atoms with Crippen LogP contribution in [0.4, 0.5) is 0 Å². The van der Waals surface area contributed by atoms with Crippen molar-refractivity contribution in [1.82, 2.24) is 5.32 Å². The summed E-state index contributed by atoms with van der Waals surface area (Å²) in [6.45, 7) is 10.3. The molecular formula is C7H20N3NaO2. The Morgan fingerprint density at radius 2 is 1.54 bits per heavy atom. The number of nitrogens with zero attached hydrogens (tertiary/aromatic N) is 1. The molecule has 0 unspecified atom stereocenters. The molecule has 76 valence electrons. The van der Waals surface area contributed by atoms with Crippen molar-refractivity contribution < 1.29 is 29.6 Å². The van der Waals surface area contributed by atoms with Gasteiger partial charge in [-0.1, -0.05) is 27.7 Å². The summed E-state index contributed by atoms with van der Waals surface area (Å²) in [5.41, 5.74) is 5.11. The molecule has 0 fully saturated rings. The molecular weight excluding hydrogens is 181 g/mol. The van der Waals surface area contributed by atoms with Crippen LogP contribution in [0.25, 0.3) is 0 Å². The van der Waals surface area contributed by atoms with Crippen LogP contribution in [0.1, 0.15) is 27.7 Å². The van der Waals surface area contributed by atoms with Gasteiger partial charge in [0.15, 0.2) is 0 Å². The molecule has 6 heteroatoms. The van der Waals surface area contributed by atoms with Crippen LogP contribution in [0, 0.1) is 10.1 Å². The third-order valence-electron chi connectivity index (χ3n) is 0.500. The molecule has 0 atom stereocenters. The van der Waals surface area contributed by atoms with Gasteiger partial charge in [-0.2, -0.15) is 0 Å². The summed E-state index contributed by atoms with van der Waals surface area (Å²) >= 11 is 0. The Bertz CT molecular complexity index is 70.0. The average molecular weight is 201 g/mol. The van der Waals surface area contributed by atoms with Crippen molar-refractivity contribution >= 4 is 0 Å². The van der Waals surface area contributed by atoms with E-state index in [0.29, 0.717) is 6.04 Å². The predicted molar refractivity (Wildman–Crippen MR) is 52.7 cm³/mol. The maximum atomic E-state index is 8.00. The van der Waals surface area contributed by atoms with Crippen molar-refractivity contribution in [3.8, 4) is 0 Å². The fourth-order valence-corrected chi connectivity index (χ4v) is 0.250. The van der Waals surface area contributed by atoms with Crippen molar-refractivity contribution in [2.45, 2.75) is 33.7 Å². The maximum Gasteiger partial charge on any atom is 1.00 e. The van der Waals surface area contributed by atoms with E-state index in [-0.39, 0.29) is 29.6 Å². The van der Waals surface area contributed by atoms with E-state index in [2.05, 4.69) is 19.2 Å². The first-order valence-electron chi connectivity index (χ1n) is 3.97. The third kappa shape index (κ3) is 244. The van der Waals surface area contributed by atoms with Gasteiger partial charge in [-0.15, -0.1) is 5.34 Å². The first-order chi connectivity index (χ1) is 5.56. The smallest absolute Gasteiger partial charge is 0.444 e. The second kappa shape index (κ2) is 29.5. The molecule has 0 saturated carbocycles.